The summed E-state index contributed by atoms with van der Waals surface area (Å²) >= 11 is 0. The Kier molecular flexibility index (Phi) is 2.02. The zero-order valence-corrected chi connectivity index (χ0v) is 6.92. The monoisotopic (exact) mass is 144 g/mol. The van der Waals surface area contributed by atoms with Gasteiger partial charge >= 0.3 is 0 Å². The Bertz CT molecular complexity index is 115. The summed E-state index contributed by atoms with van der Waals surface area (Å²) in [6, 6.07) is 0. The van der Waals surface area contributed by atoms with Gasteiger partial charge in [0.1, 0.15) is 0 Å². The van der Waals surface area contributed by atoms with E-state index in [1.165, 1.54) is 0 Å². The minimum atomic E-state index is -0.250. The van der Waals surface area contributed by atoms with Gasteiger partial charge in [-0.25, -0.2) is 0 Å². The van der Waals surface area contributed by atoms with E-state index in [0.29, 0.717) is 19.1 Å². The molecule has 1 rings (SSSR count). The van der Waals surface area contributed by atoms with Crippen LogP contribution in [-0.4, -0.2) is 24.4 Å². The zero-order chi connectivity index (χ0) is 7.78. The van der Waals surface area contributed by atoms with Gasteiger partial charge in [0.15, 0.2) is 0 Å². The molecule has 1 heterocycles. The van der Waals surface area contributed by atoms with E-state index in [0.717, 1.165) is 0 Å². The van der Waals surface area contributed by atoms with Crippen molar-refractivity contribution in [3.05, 3.63) is 0 Å². The molecule has 0 unspecified atom stereocenters. The van der Waals surface area contributed by atoms with Crippen LogP contribution in [0.5, 0.6) is 0 Å². The molecule has 0 bridgehead atoms. The minimum Gasteiger partial charge on any atom is -0.390 e. The second-order valence-corrected chi connectivity index (χ2v) is 4.08. The summed E-state index contributed by atoms with van der Waals surface area (Å²) in [5.41, 5.74) is 0.177. The highest BCUT2D eigenvalue weighted by atomic mass is 16.5. The first-order valence-electron chi connectivity index (χ1n) is 3.77. The molecule has 2 heteroatoms. The van der Waals surface area contributed by atoms with Gasteiger partial charge in [-0.3, -0.25) is 0 Å². The predicted octanol–water partition coefficient (Wildman–Crippen LogP) is 1.04. The van der Waals surface area contributed by atoms with Crippen LogP contribution < -0.4 is 0 Å². The molecule has 0 saturated carbocycles. The van der Waals surface area contributed by atoms with Crippen LogP contribution in [0.3, 0.4) is 0 Å². The maximum Gasteiger partial charge on any atom is 0.0828 e. The third-order valence-corrected chi connectivity index (χ3v) is 2.16. The molecule has 0 spiro atoms. The van der Waals surface area contributed by atoms with Gasteiger partial charge in [0.05, 0.1) is 19.3 Å². The molecule has 2 atom stereocenters. The zero-order valence-electron chi connectivity index (χ0n) is 6.92. The minimum absolute atomic E-state index is 0.177. The van der Waals surface area contributed by atoms with Crippen molar-refractivity contribution >= 4 is 0 Å². The van der Waals surface area contributed by atoms with E-state index in [1.54, 1.807) is 0 Å². The van der Waals surface area contributed by atoms with Crippen molar-refractivity contribution in [1.29, 1.82) is 0 Å². The summed E-state index contributed by atoms with van der Waals surface area (Å²) in [5.74, 6) is 0.312. The first-order valence-corrected chi connectivity index (χ1v) is 3.77. The lowest BCUT2D eigenvalue weighted by atomic mass is 9.79. The molecule has 0 aromatic heterocycles. The fourth-order valence-electron chi connectivity index (χ4n) is 1.37. The molecule has 0 aromatic carbocycles. The molecular weight excluding hydrogens is 128 g/mol. The Labute approximate surface area is 62.2 Å². The number of ether oxygens (including phenoxy) is 1. The standard InChI is InChI=1S/C8H16O2/c1-8(2,3)6-4-10-5-7(6)9/h6-7,9H,4-5H2,1-3H3/t6-,7-/m0/s1. The lowest BCUT2D eigenvalue weighted by Crippen LogP contribution is -2.30. The second kappa shape index (κ2) is 2.51. The number of hydrogen-bond donors (Lipinski definition) is 1. The maximum absolute atomic E-state index is 9.40. The second-order valence-electron chi connectivity index (χ2n) is 4.08. The topological polar surface area (TPSA) is 29.5 Å². The van der Waals surface area contributed by atoms with Crippen LogP contribution in [0.4, 0.5) is 0 Å². The molecule has 2 nitrogen and oxygen atoms in total. The Balaban J connectivity index is 2.55. The van der Waals surface area contributed by atoms with Gasteiger partial charge in [-0.05, 0) is 5.41 Å². The summed E-state index contributed by atoms with van der Waals surface area (Å²) in [5, 5.41) is 9.40. The maximum atomic E-state index is 9.40. The van der Waals surface area contributed by atoms with Crippen molar-refractivity contribution in [3.63, 3.8) is 0 Å². The van der Waals surface area contributed by atoms with Gasteiger partial charge in [0.25, 0.3) is 0 Å². The predicted molar refractivity (Wildman–Crippen MR) is 39.8 cm³/mol. The van der Waals surface area contributed by atoms with E-state index in [4.69, 9.17) is 4.74 Å². The third kappa shape index (κ3) is 1.50. The van der Waals surface area contributed by atoms with E-state index in [1.807, 2.05) is 0 Å². The van der Waals surface area contributed by atoms with Crippen molar-refractivity contribution in [2.24, 2.45) is 11.3 Å². The van der Waals surface area contributed by atoms with Gasteiger partial charge in [-0.1, -0.05) is 20.8 Å². The number of aliphatic hydroxyl groups is 1. The normalized spacial score (nSPS) is 34.8. The molecule has 0 aromatic rings. The summed E-state index contributed by atoms with van der Waals surface area (Å²) < 4.78 is 5.15. The fourth-order valence-corrected chi connectivity index (χ4v) is 1.37. The summed E-state index contributed by atoms with van der Waals surface area (Å²) in [6.45, 7) is 7.63. The lowest BCUT2D eigenvalue weighted by molar-refractivity contribution is 0.0816. The van der Waals surface area contributed by atoms with Gasteiger partial charge in [0.2, 0.25) is 0 Å². The van der Waals surface area contributed by atoms with Crippen molar-refractivity contribution in [2.75, 3.05) is 13.2 Å². The Hall–Kier alpha value is -0.0800. The Morgan fingerprint density at radius 3 is 2.10 bits per heavy atom. The van der Waals surface area contributed by atoms with E-state index < -0.39 is 0 Å². The average molecular weight is 144 g/mol. The SMILES string of the molecule is CC(C)(C)[C@H]1COC[C@@H]1O. The van der Waals surface area contributed by atoms with Crippen LogP contribution in [0.15, 0.2) is 0 Å². The molecule has 1 fully saturated rings. The highest BCUT2D eigenvalue weighted by Crippen LogP contribution is 2.32. The van der Waals surface area contributed by atoms with Gasteiger partial charge in [-0.2, -0.15) is 0 Å². The van der Waals surface area contributed by atoms with Crippen LogP contribution in [0, 0.1) is 11.3 Å². The molecule has 1 saturated heterocycles. The molecule has 1 aliphatic heterocycles. The van der Waals surface area contributed by atoms with Crippen molar-refractivity contribution in [3.8, 4) is 0 Å². The summed E-state index contributed by atoms with van der Waals surface area (Å²) in [4.78, 5) is 0. The number of rotatable bonds is 0. The Morgan fingerprint density at radius 2 is 1.90 bits per heavy atom. The molecular formula is C8H16O2. The van der Waals surface area contributed by atoms with Crippen LogP contribution in [0.2, 0.25) is 0 Å². The van der Waals surface area contributed by atoms with E-state index in [2.05, 4.69) is 20.8 Å². The molecule has 1 aliphatic rings. The molecule has 1 N–H and O–H groups in total. The molecule has 60 valence electrons. The van der Waals surface area contributed by atoms with Crippen LogP contribution in [0.1, 0.15) is 20.8 Å². The van der Waals surface area contributed by atoms with Crippen LogP contribution in [-0.2, 0) is 4.74 Å². The highest BCUT2D eigenvalue weighted by molar-refractivity contribution is 4.83. The quantitative estimate of drug-likeness (QED) is 0.550. The summed E-state index contributed by atoms with van der Waals surface area (Å²) in [6.07, 6.45) is -0.250. The molecule has 0 amide bonds. The molecule has 0 radical (unpaired) electrons. The van der Waals surface area contributed by atoms with Gasteiger partial charge in [-0.15, -0.1) is 0 Å². The first-order chi connectivity index (χ1) is 4.52. The molecule has 0 aliphatic carbocycles. The van der Waals surface area contributed by atoms with Gasteiger partial charge in [0, 0.05) is 5.92 Å². The Morgan fingerprint density at radius 1 is 1.30 bits per heavy atom. The fraction of sp³-hybridized carbons (Fsp3) is 1.00. The largest absolute Gasteiger partial charge is 0.390 e. The van der Waals surface area contributed by atoms with E-state index in [-0.39, 0.29) is 11.5 Å². The first kappa shape index (κ1) is 8.02. The highest BCUT2D eigenvalue weighted by Gasteiger charge is 2.35. The smallest absolute Gasteiger partial charge is 0.0828 e. The van der Waals surface area contributed by atoms with Crippen molar-refractivity contribution in [2.45, 2.75) is 26.9 Å². The van der Waals surface area contributed by atoms with E-state index >= 15 is 0 Å². The van der Waals surface area contributed by atoms with Crippen LogP contribution >= 0.6 is 0 Å². The number of aliphatic hydroxyl groups excluding tert-OH is 1. The van der Waals surface area contributed by atoms with E-state index in [9.17, 15) is 5.11 Å². The van der Waals surface area contributed by atoms with Crippen molar-refractivity contribution < 1.29 is 9.84 Å². The van der Waals surface area contributed by atoms with Gasteiger partial charge < -0.3 is 9.84 Å². The van der Waals surface area contributed by atoms with Crippen molar-refractivity contribution in [1.82, 2.24) is 0 Å². The summed E-state index contributed by atoms with van der Waals surface area (Å²) in [7, 11) is 0. The van der Waals surface area contributed by atoms with Crippen LogP contribution in [0.25, 0.3) is 0 Å². The number of hydrogen-bond acceptors (Lipinski definition) is 2. The third-order valence-electron chi connectivity index (χ3n) is 2.16. The molecule has 10 heavy (non-hydrogen) atoms. The lowest BCUT2D eigenvalue weighted by Gasteiger charge is -2.27. The average Bonchev–Trinajstić information content (AvgIpc) is 2.11.